The van der Waals surface area contributed by atoms with Crippen molar-refractivity contribution in [2.24, 2.45) is 5.92 Å². The third-order valence-electron chi connectivity index (χ3n) is 4.13. The van der Waals surface area contributed by atoms with E-state index in [1.165, 1.54) is 25.9 Å². The number of benzene rings is 1. The highest BCUT2D eigenvalue weighted by atomic mass is 15.1. The zero-order valence-corrected chi connectivity index (χ0v) is 12.0. The number of hydrogen-bond acceptors (Lipinski definition) is 3. The Morgan fingerprint density at radius 2 is 1.75 bits per heavy atom. The van der Waals surface area contributed by atoms with Gasteiger partial charge in [0.1, 0.15) is 0 Å². The van der Waals surface area contributed by atoms with Crippen molar-refractivity contribution in [2.45, 2.75) is 19.3 Å². The molecule has 1 fully saturated rings. The van der Waals surface area contributed by atoms with Gasteiger partial charge in [0.2, 0.25) is 0 Å². The molecule has 2 heterocycles. The fourth-order valence-electron chi connectivity index (χ4n) is 2.79. The standard InChI is InChI=1S/C17H21N3/c1-20-11-9-14(10-12-20)13-16-7-8-17(19-18-16)15-5-3-2-4-6-15/h2-8,14H,9-13H2,1H3. The largest absolute Gasteiger partial charge is 0.306 e. The Morgan fingerprint density at radius 1 is 1.00 bits per heavy atom. The molecule has 0 saturated carbocycles. The second kappa shape index (κ2) is 6.14. The van der Waals surface area contributed by atoms with Gasteiger partial charge < -0.3 is 4.90 Å². The van der Waals surface area contributed by atoms with Crippen molar-refractivity contribution >= 4 is 0 Å². The highest BCUT2D eigenvalue weighted by Crippen LogP contribution is 2.21. The number of piperidine rings is 1. The zero-order valence-electron chi connectivity index (χ0n) is 12.0. The molecule has 1 aliphatic heterocycles. The van der Waals surface area contributed by atoms with Gasteiger partial charge in [-0.15, -0.1) is 0 Å². The van der Waals surface area contributed by atoms with Gasteiger partial charge >= 0.3 is 0 Å². The van der Waals surface area contributed by atoms with Crippen LogP contribution < -0.4 is 0 Å². The molecule has 20 heavy (non-hydrogen) atoms. The first kappa shape index (κ1) is 13.3. The third-order valence-corrected chi connectivity index (χ3v) is 4.13. The van der Waals surface area contributed by atoms with Crippen LogP contribution in [-0.4, -0.2) is 35.2 Å². The maximum atomic E-state index is 4.40. The second-order valence-corrected chi connectivity index (χ2v) is 5.73. The van der Waals surface area contributed by atoms with E-state index in [0.717, 1.165) is 29.3 Å². The molecule has 0 N–H and O–H groups in total. The van der Waals surface area contributed by atoms with E-state index in [-0.39, 0.29) is 0 Å². The summed E-state index contributed by atoms with van der Waals surface area (Å²) in [5.41, 5.74) is 3.21. The van der Waals surface area contributed by atoms with E-state index in [2.05, 4.69) is 46.4 Å². The summed E-state index contributed by atoms with van der Waals surface area (Å²) in [5, 5.41) is 8.77. The average molecular weight is 267 g/mol. The number of likely N-dealkylation sites (tertiary alicyclic amines) is 1. The molecule has 1 aromatic carbocycles. The molecule has 104 valence electrons. The highest BCUT2D eigenvalue weighted by molar-refractivity contribution is 5.57. The lowest BCUT2D eigenvalue weighted by molar-refractivity contribution is 0.218. The van der Waals surface area contributed by atoms with Crippen LogP contribution in [0.25, 0.3) is 11.3 Å². The Kier molecular flexibility index (Phi) is 4.07. The van der Waals surface area contributed by atoms with Gasteiger partial charge in [-0.25, -0.2) is 0 Å². The van der Waals surface area contributed by atoms with E-state index in [9.17, 15) is 0 Å². The van der Waals surface area contributed by atoms with Crippen molar-refractivity contribution in [2.75, 3.05) is 20.1 Å². The SMILES string of the molecule is CN1CCC(Cc2ccc(-c3ccccc3)nn2)CC1. The topological polar surface area (TPSA) is 29.0 Å². The molecule has 1 saturated heterocycles. The van der Waals surface area contributed by atoms with Crippen LogP contribution in [0.15, 0.2) is 42.5 Å². The molecule has 1 aromatic heterocycles. The van der Waals surface area contributed by atoms with Gasteiger partial charge in [-0.05, 0) is 57.5 Å². The summed E-state index contributed by atoms with van der Waals surface area (Å²) in [6.45, 7) is 2.42. The van der Waals surface area contributed by atoms with Crippen LogP contribution >= 0.6 is 0 Å². The molecule has 2 aromatic rings. The molecule has 0 unspecified atom stereocenters. The van der Waals surface area contributed by atoms with Crippen molar-refractivity contribution in [3.05, 3.63) is 48.2 Å². The minimum Gasteiger partial charge on any atom is -0.306 e. The van der Waals surface area contributed by atoms with Crippen LogP contribution in [0.4, 0.5) is 0 Å². The fourth-order valence-corrected chi connectivity index (χ4v) is 2.79. The summed E-state index contributed by atoms with van der Waals surface area (Å²) < 4.78 is 0. The molecule has 3 nitrogen and oxygen atoms in total. The molecule has 1 aliphatic rings. The molecule has 0 radical (unpaired) electrons. The second-order valence-electron chi connectivity index (χ2n) is 5.73. The summed E-state index contributed by atoms with van der Waals surface area (Å²) in [4.78, 5) is 2.40. The summed E-state index contributed by atoms with van der Waals surface area (Å²) in [6, 6.07) is 14.4. The van der Waals surface area contributed by atoms with E-state index in [4.69, 9.17) is 0 Å². The summed E-state index contributed by atoms with van der Waals surface area (Å²) in [6.07, 6.45) is 3.62. The Labute approximate surface area is 120 Å². The smallest absolute Gasteiger partial charge is 0.0929 e. The minimum atomic E-state index is 0.767. The van der Waals surface area contributed by atoms with Gasteiger partial charge in [-0.1, -0.05) is 30.3 Å². The first-order valence-corrected chi connectivity index (χ1v) is 7.38. The van der Waals surface area contributed by atoms with Crippen LogP contribution in [-0.2, 0) is 6.42 Å². The monoisotopic (exact) mass is 267 g/mol. The van der Waals surface area contributed by atoms with Crippen LogP contribution in [0.5, 0.6) is 0 Å². The highest BCUT2D eigenvalue weighted by Gasteiger charge is 2.17. The number of rotatable bonds is 3. The molecule has 3 rings (SSSR count). The van der Waals surface area contributed by atoms with E-state index in [0.29, 0.717) is 0 Å². The van der Waals surface area contributed by atoms with Crippen molar-refractivity contribution in [3.63, 3.8) is 0 Å². The number of aromatic nitrogens is 2. The molecule has 3 heteroatoms. The lowest BCUT2D eigenvalue weighted by atomic mass is 9.92. The van der Waals surface area contributed by atoms with Gasteiger partial charge in [-0.2, -0.15) is 10.2 Å². The predicted molar refractivity (Wildman–Crippen MR) is 81.4 cm³/mol. The third kappa shape index (κ3) is 3.23. The maximum absolute atomic E-state index is 4.40. The Hall–Kier alpha value is -1.74. The van der Waals surface area contributed by atoms with Gasteiger partial charge in [0, 0.05) is 5.56 Å². The lowest BCUT2D eigenvalue weighted by Gasteiger charge is -2.28. The Balaban J connectivity index is 1.65. The van der Waals surface area contributed by atoms with Crippen LogP contribution in [0.1, 0.15) is 18.5 Å². The molecule has 0 atom stereocenters. The number of nitrogens with zero attached hydrogens (tertiary/aromatic N) is 3. The van der Waals surface area contributed by atoms with Gasteiger partial charge in [-0.3, -0.25) is 0 Å². The summed E-state index contributed by atoms with van der Waals surface area (Å²) >= 11 is 0. The maximum Gasteiger partial charge on any atom is 0.0929 e. The van der Waals surface area contributed by atoms with Crippen molar-refractivity contribution in [1.29, 1.82) is 0 Å². The molecule has 0 bridgehead atoms. The van der Waals surface area contributed by atoms with Crippen molar-refractivity contribution < 1.29 is 0 Å². The average Bonchev–Trinajstić information content (AvgIpc) is 2.51. The van der Waals surface area contributed by atoms with Crippen LogP contribution in [0.3, 0.4) is 0 Å². The van der Waals surface area contributed by atoms with E-state index in [1.54, 1.807) is 0 Å². The van der Waals surface area contributed by atoms with E-state index in [1.807, 2.05) is 18.2 Å². The Bertz CT molecular complexity index is 528. The first-order chi connectivity index (χ1) is 9.81. The molecular formula is C17H21N3. The van der Waals surface area contributed by atoms with Gasteiger partial charge in [0.15, 0.2) is 0 Å². The van der Waals surface area contributed by atoms with Crippen LogP contribution in [0, 0.1) is 5.92 Å². The normalized spacial score (nSPS) is 17.2. The fraction of sp³-hybridized carbons (Fsp3) is 0.412. The molecular weight excluding hydrogens is 246 g/mol. The zero-order chi connectivity index (χ0) is 13.8. The summed E-state index contributed by atoms with van der Waals surface area (Å²) in [7, 11) is 2.20. The van der Waals surface area contributed by atoms with Gasteiger partial charge in [0.25, 0.3) is 0 Å². The lowest BCUT2D eigenvalue weighted by Crippen LogP contribution is -2.31. The van der Waals surface area contributed by atoms with Crippen molar-refractivity contribution in [1.82, 2.24) is 15.1 Å². The number of hydrogen-bond donors (Lipinski definition) is 0. The Morgan fingerprint density at radius 3 is 2.40 bits per heavy atom. The molecule has 0 aliphatic carbocycles. The van der Waals surface area contributed by atoms with Crippen molar-refractivity contribution in [3.8, 4) is 11.3 Å². The first-order valence-electron chi connectivity index (χ1n) is 7.38. The van der Waals surface area contributed by atoms with E-state index < -0.39 is 0 Å². The molecule has 0 spiro atoms. The van der Waals surface area contributed by atoms with E-state index >= 15 is 0 Å². The quantitative estimate of drug-likeness (QED) is 0.856. The van der Waals surface area contributed by atoms with Gasteiger partial charge in [0.05, 0.1) is 11.4 Å². The van der Waals surface area contributed by atoms with Crippen LogP contribution in [0.2, 0.25) is 0 Å². The molecule has 0 amide bonds. The predicted octanol–water partition coefficient (Wildman–Crippen LogP) is 3.03. The minimum absolute atomic E-state index is 0.767. The summed E-state index contributed by atoms with van der Waals surface area (Å²) in [5.74, 6) is 0.767.